The van der Waals surface area contributed by atoms with Gasteiger partial charge in [-0.25, -0.2) is 4.79 Å². The van der Waals surface area contributed by atoms with Gasteiger partial charge in [-0.1, -0.05) is 48.0 Å². The van der Waals surface area contributed by atoms with Crippen molar-refractivity contribution < 1.29 is 9.53 Å². The van der Waals surface area contributed by atoms with E-state index < -0.39 is 0 Å². The number of urea groups is 1. The molecular formula is C23H23ClN4O2. The van der Waals surface area contributed by atoms with Gasteiger partial charge < -0.3 is 20.3 Å². The minimum Gasteiger partial charge on any atom is -0.378 e. The van der Waals surface area contributed by atoms with Crippen molar-refractivity contribution in [1.82, 2.24) is 10.3 Å². The molecule has 0 radical (unpaired) electrons. The molecule has 1 atom stereocenters. The van der Waals surface area contributed by atoms with Crippen LogP contribution < -0.4 is 15.5 Å². The number of halogens is 1. The number of nitrogens with zero attached hydrogens (tertiary/aromatic N) is 2. The monoisotopic (exact) mass is 422 g/mol. The maximum atomic E-state index is 13.0. The number of hydrogen-bond acceptors (Lipinski definition) is 4. The first kappa shape index (κ1) is 20.2. The Labute approximate surface area is 180 Å². The molecule has 30 heavy (non-hydrogen) atoms. The topological polar surface area (TPSA) is 66.5 Å². The molecule has 0 bridgehead atoms. The zero-order chi connectivity index (χ0) is 20.8. The third-order valence-electron chi connectivity index (χ3n) is 4.95. The first-order chi connectivity index (χ1) is 14.7. The third kappa shape index (κ3) is 4.90. The van der Waals surface area contributed by atoms with Crippen molar-refractivity contribution in [2.24, 2.45) is 0 Å². The van der Waals surface area contributed by atoms with Crippen molar-refractivity contribution in [3.05, 3.63) is 89.2 Å². The second-order valence-corrected chi connectivity index (χ2v) is 7.39. The van der Waals surface area contributed by atoms with Crippen LogP contribution in [0.25, 0.3) is 0 Å². The fourth-order valence-corrected chi connectivity index (χ4v) is 3.67. The lowest BCUT2D eigenvalue weighted by molar-refractivity contribution is 0.123. The van der Waals surface area contributed by atoms with Crippen molar-refractivity contribution in [1.29, 1.82) is 0 Å². The van der Waals surface area contributed by atoms with Gasteiger partial charge in [-0.15, -0.1) is 0 Å². The molecule has 2 N–H and O–H groups in total. The van der Waals surface area contributed by atoms with E-state index in [0.29, 0.717) is 23.9 Å². The molecule has 6 nitrogen and oxygen atoms in total. The van der Waals surface area contributed by atoms with E-state index in [9.17, 15) is 4.79 Å². The van der Waals surface area contributed by atoms with Crippen molar-refractivity contribution >= 4 is 29.0 Å². The molecule has 154 valence electrons. The highest BCUT2D eigenvalue weighted by molar-refractivity contribution is 6.31. The number of ether oxygens (including phenoxy) is 1. The molecule has 1 aliphatic rings. The number of carbonyl (C=O) groups excluding carboxylic acids is 1. The van der Waals surface area contributed by atoms with E-state index in [1.807, 2.05) is 60.7 Å². The van der Waals surface area contributed by atoms with Gasteiger partial charge in [-0.3, -0.25) is 4.98 Å². The van der Waals surface area contributed by atoms with E-state index in [4.69, 9.17) is 16.3 Å². The summed E-state index contributed by atoms with van der Waals surface area (Å²) in [5, 5.41) is 6.58. The highest BCUT2D eigenvalue weighted by Gasteiger charge is 2.20. The summed E-state index contributed by atoms with van der Waals surface area (Å²) in [4.78, 5) is 19.6. The average molecular weight is 423 g/mol. The maximum absolute atomic E-state index is 13.0. The van der Waals surface area contributed by atoms with Gasteiger partial charge >= 0.3 is 6.03 Å². The first-order valence-electron chi connectivity index (χ1n) is 9.86. The second kappa shape index (κ2) is 9.61. The largest absolute Gasteiger partial charge is 0.378 e. The van der Waals surface area contributed by atoms with Crippen LogP contribution in [0.15, 0.2) is 72.9 Å². The first-order valence-corrected chi connectivity index (χ1v) is 10.2. The van der Waals surface area contributed by atoms with Crippen LogP contribution in [-0.4, -0.2) is 37.3 Å². The zero-order valence-corrected chi connectivity index (χ0v) is 17.2. The summed E-state index contributed by atoms with van der Waals surface area (Å²) in [7, 11) is 0. The Bertz CT molecular complexity index is 940. The molecule has 0 aliphatic carbocycles. The fraction of sp³-hybridized carbons (Fsp3) is 0.217. The molecule has 1 aromatic heterocycles. The lowest BCUT2D eigenvalue weighted by atomic mass is 10.0. The quantitative estimate of drug-likeness (QED) is 0.636. The van der Waals surface area contributed by atoms with Crippen LogP contribution in [0.3, 0.4) is 0 Å². The molecule has 3 aromatic rings. The number of rotatable bonds is 5. The smallest absolute Gasteiger partial charge is 0.320 e. The number of hydrogen-bond donors (Lipinski definition) is 2. The van der Waals surface area contributed by atoms with E-state index in [2.05, 4.69) is 20.5 Å². The molecule has 1 aliphatic heterocycles. The van der Waals surface area contributed by atoms with Gasteiger partial charge in [0.1, 0.15) is 0 Å². The van der Waals surface area contributed by atoms with Gasteiger partial charge in [0, 0.05) is 24.3 Å². The Morgan fingerprint density at radius 2 is 1.80 bits per heavy atom. The Kier molecular flexibility index (Phi) is 6.47. The highest BCUT2D eigenvalue weighted by atomic mass is 35.5. The standard InChI is InChI=1S/C23H23ClN4O2/c24-18-9-10-21(28-12-14-30-15-13-28)20(16-18)26-23(29)27-22(17-6-2-1-3-7-17)19-8-4-5-11-25-19/h1-11,16,22H,12-15H2,(H2,26,27,29)/t22-/m0/s1. The summed E-state index contributed by atoms with van der Waals surface area (Å²) >= 11 is 6.21. The minimum absolute atomic E-state index is 0.328. The molecule has 7 heteroatoms. The maximum Gasteiger partial charge on any atom is 0.320 e. The lowest BCUT2D eigenvalue weighted by Gasteiger charge is -2.30. The van der Waals surface area contributed by atoms with Crippen LogP contribution in [0.4, 0.5) is 16.2 Å². The van der Waals surface area contributed by atoms with E-state index in [1.54, 1.807) is 12.3 Å². The van der Waals surface area contributed by atoms with E-state index >= 15 is 0 Å². The summed E-state index contributed by atoms with van der Waals surface area (Å²) in [6.07, 6.45) is 1.72. The number of pyridine rings is 1. The molecular weight excluding hydrogens is 400 g/mol. The van der Waals surface area contributed by atoms with Crippen molar-refractivity contribution in [3.8, 4) is 0 Å². The molecule has 0 unspecified atom stereocenters. The van der Waals surface area contributed by atoms with Gasteiger partial charge in [0.15, 0.2) is 0 Å². The third-order valence-corrected chi connectivity index (χ3v) is 5.19. The van der Waals surface area contributed by atoms with Crippen molar-refractivity contribution in [3.63, 3.8) is 0 Å². The fourth-order valence-electron chi connectivity index (χ4n) is 3.50. The molecule has 2 aromatic carbocycles. The summed E-state index contributed by atoms with van der Waals surface area (Å²) in [6, 6.07) is 20.3. The Hall–Kier alpha value is -3.09. The van der Waals surface area contributed by atoms with Gasteiger partial charge in [0.05, 0.1) is 36.3 Å². The average Bonchev–Trinajstić information content (AvgIpc) is 2.79. The number of aromatic nitrogens is 1. The molecule has 1 saturated heterocycles. The SMILES string of the molecule is O=C(Nc1cc(Cl)ccc1N1CCOCC1)N[C@@H](c1ccccc1)c1ccccn1. The molecule has 1 fully saturated rings. The van der Waals surface area contributed by atoms with Gasteiger partial charge in [0.2, 0.25) is 0 Å². The predicted molar refractivity (Wildman–Crippen MR) is 119 cm³/mol. The van der Waals surface area contributed by atoms with Crippen LogP contribution >= 0.6 is 11.6 Å². The molecule has 0 saturated carbocycles. The van der Waals surface area contributed by atoms with Gasteiger partial charge in [-0.05, 0) is 35.9 Å². The van der Waals surface area contributed by atoms with E-state index in [1.165, 1.54) is 0 Å². The van der Waals surface area contributed by atoms with E-state index in [0.717, 1.165) is 30.0 Å². The molecule has 4 rings (SSSR count). The summed E-state index contributed by atoms with van der Waals surface area (Å²) in [6.45, 7) is 2.84. The normalized spacial score (nSPS) is 14.8. The zero-order valence-electron chi connectivity index (χ0n) is 16.4. The number of amides is 2. The summed E-state index contributed by atoms with van der Waals surface area (Å²) in [5.41, 5.74) is 3.30. The van der Waals surface area contributed by atoms with Crippen LogP contribution in [-0.2, 0) is 4.74 Å². The van der Waals surface area contributed by atoms with Crippen LogP contribution in [0, 0.1) is 0 Å². The van der Waals surface area contributed by atoms with Crippen LogP contribution in [0.2, 0.25) is 5.02 Å². The second-order valence-electron chi connectivity index (χ2n) is 6.96. The lowest BCUT2D eigenvalue weighted by Crippen LogP contribution is -2.38. The minimum atomic E-state index is -0.376. The number of morpholine rings is 1. The Balaban J connectivity index is 1.56. The number of benzene rings is 2. The van der Waals surface area contributed by atoms with Crippen LogP contribution in [0.5, 0.6) is 0 Å². The number of carbonyl (C=O) groups is 1. The summed E-state index contributed by atoms with van der Waals surface area (Å²) in [5.74, 6) is 0. The Morgan fingerprint density at radius 1 is 1.03 bits per heavy atom. The van der Waals surface area contributed by atoms with E-state index in [-0.39, 0.29) is 12.1 Å². The van der Waals surface area contributed by atoms with Crippen molar-refractivity contribution in [2.45, 2.75) is 6.04 Å². The highest BCUT2D eigenvalue weighted by Crippen LogP contribution is 2.30. The van der Waals surface area contributed by atoms with Gasteiger partial charge in [-0.2, -0.15) is 0 Å². The number of nitrogens with one attached hydrogen (secondary N) is 2. The summed E-state index contributed by atoms with van der Waals surface area (Å²) < 4.78 is 5.44. The molecule has 0 spiro atoms. The number of anilines is 2. The Morgan fingerprint density at radius 3 is 2.53 bits per heavy atom. The molecule has 2 heterocycles. The van der Waals surface area contributed by atoms with Crippen LogP contribution in [0.1, 0.15) is 17.3 Å². The van der Waals surface area contributed by atoms with Crippen molar-refractivity contribution in [2.75, 3.05) is 36.5 Å². The molecule has 2 amide bonds. The predicted octanol–water partition coefficient (Wildman–Crippen LogP) is 4.48. The van der Waals surface area contributed by atoms with Gasteiger partial charge in [0.25, 0.3) is 0 Å².